The smallest absolute Gasteiger partial charge is 0.354 e. The lowest BCUT2D eigenvalue weighted by atomic mass is 10.2. The van der Waals surface area contributed by atoms with Crippen LogP contribution >= 0.6 is 15.9 Å². The fourth-order valence-corrected chi connectivity index (χ4v) is 1.80. The largest absolute Gasteiger partial charge is 0.477 e. The van der Waals surface area contributed by atoms with E-state index in [1.807, 2.05) is 0 Å². The third-order valence-corrected chi connectivity index (χ3v) is 2.91. The number of aromatic nitrogens is 1. The van der Waals surface area contributed by atoms with Crippen molar-refractivity contribution < 1.29 is 19.1 Å². The van der Waals surface area contributed by atoms with Crippen molar-refractivity contribution in [3.8, 4) is 0 Å². The van der Waals surface area contributed by atoms with Crippen LogP contribution in [-0.4, -0.2) is 22.0 Å². The minimum atomic E-state index is -1.16. The topological polar surface area (TPSA) is 79.3 Å². The minimum Gasteiger partial charge on any atom is -0.477 e. The second-order valence-electron chi connectivity index (χ2n) is 3.82. The van der Waals surface area contributed by atoms with E-state index in [0.29, 0.717) is 4.47 Å². The number of carbonyl (C=O) groups excluding carboxylic acids is 1. The third-order valence-electron chi connectivity index (χ3n) is 2.42. The summed E-state index contributed by atoms with van der Waals surface area (Å²) < 4.78 is 14.1. The lowest BCUT2D eigenvalue weighted by Crippen LogP contribution is -2.14. The molecule has 0 spiro atoms. The van der Waals surface area contributed by atoms with Gasteiger partial charge in [0.1, 0.15) is 11.5 Å². The van der Waals surface area contributed by atoms with E-state index in [4.69, 9.17) is 5.11 Å². The van der Waals surface area contributed by atoms with E-state index < -0.39 is 17.7 Å². The fourth-order valence-electron chi connectivity index (χ4n) is 1.47. The molecular formula is C13H8BrFN2O3. The maximum atomic E-state index is 13.6. The van der Waals surface area contributed by atoms with Gasteiger partial charge in [0.25, 0.3) is 5.91 Å². The molecule has 0 aliphatic rings. The third kappa shape index (κ3) is 3.18. The number of benzene rings is 1. The van der Waals surface area contributed by atoms with Crippen LogP contribution in [0.3, 0.4) is 0 Å². The van der Waals surface area contributed by atoms with Crippen LogP contribution in [0.1, 0.15) is 20.8 Å². The Hall–Kier alpha value is -2.28. The van der Waals surface area contributed by atoms with Crippen LogP contribution in [0.5, 0.6) is 0 Å². The van der Waals surface area contributed by atoms with E-state index in [0.717, 1.165) is 0 Å². The average molecular weight is 339 g/mol. The molecule has 2 N–H and O–H groups in total. The summed E-state index contributed by atoms with van der Waals surface area (Å²) in [5, 5.41) is 11.1. The maximum Gasteiger partial charge on any atom is 0.354 e. The second-order valence-corrected chi connectivity index (χ2v) is 4.73. The van der Waals surface area contributed by atoms with Crippen LogP contribution in [0.15, 0.2) is 41.0 Å². The number of halogens is 2. The van der Waals surface area contributed by atoms with E-state index in [-0.39, 0.29) is 16.9 Å². The number of anilines is 1. The molecule has 20 heavy (non-hydrogen) atoms. The zero-order valence-electron chi connectivity index (χ0n) is 9.93. The quantitative estimate of drug-likeness (QED) is 0.901. The summed E-state index contributed by atoms with van der Waals surface area (Å²) in [5.74, 6) is -2.46. The number of rotatable bonds is 3. The van der Waals surface area contributed by atoms with Gasteiger partial charge in [0.15, 0.2) is 0 Å². The first-order valence-electron chi connectivity index (χ1n) is 5.43. The first kappa shape index (κ1) is 14.1. The molecule has 1 aromatic carbocycles. The van der Waals surface area contributed by atoms with Crippen molar-refractivity contribution in [3.63, 3.8) is 0 Å². The molecule has 7 heteroatoms. The van der Waals surface area contributed by atoms with Crippen LogP contribution in [-0.2, 0) is 0 Å². The van der Waals surface area contributed by atoms with Crippen molar-refractivity contribution in [2.45, 2.75) is 0 Å². The van der Waals surface area contributed by atoms with Gasteiger partial charge in [-0.15, -0.1) is 0 Å². The number of nitrogens with one attached hydrogen (secondary N) is 1. The van der Waals surface area contributed by atoms with Crippen LogP contribution in [0.2, 0.25) is 0 Å². The number of hydrogen-bond acceptors (Lipinski definition) is 3. The van der Waals surface area contributed by atoms with Gasteiger partial charge >= 0.3 is 5.97 Å². The molecule has 0 radical (unpaired) electrons. The number of hydrogen-bond donors (Lipinski definition) is 2. The lowest BCUT2D eigenvalue weighted by molar-refractivity contribution is 0.0690. The summed E-state index contributed by atoms with van der Waals surface area (Å²) in [6.45, 7) is 0. The number of nitrogens with zero attached hydrogens (tertiary/aromatic N) is 1. The van der Waals surface area contributed by atoms with Crippen molar-refractivity contribution in [1.82, 2.24) is 4.98 Å². The van der Waals surface area contributed by atoms with E-state index in [2.05, 4.69) is 26.2 Å². The Morgan fingerprint density at radius 1 is 1.25 bits per heavy atom. The van der Waals surface area contributed by atoms with Gasteiger partial charge in [0, 0.05) is 4.47 Å². The standard InChI is InChI=1S/C13H8BrFN2O3/c14-7-1-3-9(10(15)5-7)12(18)17-8-2-4-11(13(19)20)16-6-8/h1-6H,(H,17,18)(H,19,20). The number of carboxylic acid groups (broad SMARTS) is 1. The molecule has 0 unspecified atom stereocenters. The predicted octanol–water partition coefficient (Wildman–Crippen LogP) is 2.93. The van der Waals surface area contributed by atoms with Crippen molar-refractivity contribution in [3.05, 3.63) is 58.1 Å². The van der Waals surface area contributed by atoms with Crippen molar-refractivity contribution >= 4 is 33.5 Å². The van der Waals surface area contributed by atoms with Gasteiger partial charge in [-0.1, -0.05) is 15.9 Å². The molecule has 0 aliphatic carbocycles. The van der Waals surface area contributed by atoms with E-state index >= 15 is 0 Å². The van der Waals surface area contributed by atoms with Crippen LogP contribution in [0, 0.1) is 5.82 Å². The van der Waals surface area contributed by atoms with Crippen LogP contribution in [0.4, 0.5) is 10.1 Å². The predicted molar refractivity (Wildman–Crippen MR) is 73.2 cm³/mol. The number of carboxylic acids is 1. The molecule has 0 aliphatic heterocycles. The SMILES string of the molecule is O=C(O)c1ccc(NC(=O)c2ccc(Br)cc2F)cn1. The molecule has 1 aromatic heterocycles. The summed E-state index contributed by atoms with van der Waals surface area (Å²) in [6.07, 6.45) is 1.19. The Bertz CT molecular complexity index is 674. The number of carbonyl (C=O) groups is 2. The molecule has 1 amide bonds. The highest BCUT2D eigenvalue weighted by Gasteiger charge is 2.12. The normalized spacial score (nSPS) is 10.1. The van der Waals surface area contributed by atoms with Gasteiger partial charge in [-0.3, -0.25) is 4.79 Å². The summed E-state index contributed by atoms with van der Waals surface area (Å²) in [5.41, 5.74) is 0.0238. The van der Waals surface area contributed by atoms with Crippen molar-refractivity contribution in [2.24, 2.45) is 0 Å². The molecule has 5 nitrogen and oxygen atoms in total. The van der Waals surface area contributed by atoms with Gasteiger partial charge < -0.3 is 10.4 Å². The summed E-state index contributed by atoms with van der Waals surface area (Å²) in [6, 6.07) is 6.69. The molecular weight excluding hydrogens is 331 g/mol. The number of pyridine rings is 1. The van der Waals surface area contributed by atoms with E-state index in [1.54, 1.807) is 6.07 Å². The second kappa shape index (κ2) is 5.79. The molecule has 102 valence electrons. The Labute approximate surface area is 121 Å². The molecule has 0 saturated carbocycles. The van der Waals surface area contributed by atoms with Gasteiger partial charge in [0.05, 0.1) is 17.4 Å². The Morgan fingerprint density at radius 3 is 2.55 bits per heavy atom. The first-order valence-corrected chi connectivity index (χ1v) is 6.22. The average Bonchev–Trinajstić information content (AvgIpc) is 2.39. The molecule has 2 rings (SSSR count). The van der Waals surface area contributed by atoms with Crippen LogP contribution in [0.25, 0.3) is 0 Å². The minimum absolute atomic E-state index is 0.115. The van der Waals surface area contributed by atoms with Gasteiger partial charge in [0.2, 0.25) is 0 Å². The van der Waals surface area contributed by atoms with E-state index in [1.165, 1.54) is 30.5 Å². The summed E-state index contributed by atoms with van der Waals surface area (Å²) >= 11 is 3.10. The zero-order chi connectivity index (χ0) is 14.7. The molecule has 1 heterocycles. The zero-order valence-corrected chi connectivity index (χ0v) is 11.5. The van der Waals surface area contributed by atoms with Gasteiger partial charge in [-0.05, 0) is 30.3 Å². The Balaban J connectivity index is 2.17. The molecule has 0 atom stereocenters. The number of amides is 1. The highest BCUT2D eigenvalue weighted by atomic mass is 79.9. The van der Waals surface area contributed by atoms with Gasteiger partial charge in [-0.25, -0.2) is 14.2 Å². The van der Waals surface area contributed by atoms with Crippen molar-refractivity contribution in [1.29, 1.82) is 0 Å². The highest BCUT2D eigenvalue weighted by molar-refractivity contribution is 9.10. The summed E-state index contributed by atoms with van der Waals surface area (Å²) in [7, 11) is 0. The van der Waals surface area contributed by atoms with Crippen LogP contribution < -0.4 is 5.32 Å². The monoisotopic (exact) mass is 338 g/mol. The molecule has 0 bridgehead atoms. The number of aromatic carboxylic acids is 1. The maximum absolute atomic E-state index is 13.6. The molecule has 2 aromatic rings. The Kier molecular flexibility index (Phi) is 4.09. The first-order chi connectivity index (χ1) is 9.47. The van der Waals surface area contributed by atoms with E-state index in [9.17, 15) is 14.0 Å². The molecule has 0 saturated heterocycles. The van der Waals surface area contributed by atoms with Gasteiger partial charge in [-0.2, -0.15) is 0 Å². The summed E-state index contributed by atoms with van der Waals surface area (Å²) in [4.78, 5) is 26.1. The lowest BCUT2D eigenvalue weighted by Gasteiger charge is -2.06. The van der Waals surface area contributed by atoms with Crippen molar-refractivity contribution in [2.75, 3.05) is 5.32 Å². The highest BCUT2D eigenvalue weighted by Crippen LogP contribution is 2.17. The Morgan fingerprint density at radius 2 is 2.00 bits per heavy atom. The fraction of sp³-hybridized carbons (Fsp3) is 0. The molecule has 0 fully saturated rings.